The van der Waals surface area contributed by atoms with Gasteiger partial charge in [-0.25, -0.2) is 14.5 Å². The van der Waals surface area contributed by atoms with Crippen molar-refractivity contribution in [3.8, 4) is 0 Å². The minimum absolute atomic E-state index is 0.137. The van der Waals surface area contributed by atoms with Gasteiger partial charge in [0.15, 0.2) is 5.58 Å². The average Bonchev–Trinajstić information content (AvgIpc) is 3.10. The van der Waals surface area contributed by atoms with Crippen LogP contribution in [0.4, 0.5) is 0 Å². The molecule has 7 heteroatoms. The van der Waals surface area contributed by atoms with E-state index in [1.54, 1.807) is 24.3 Å². The maximum Gasteiger partial charge on any atom is 0.420 e. The molecule has 114 valence electrons. The first kappa shape index (κ1) is 13.3. The SMILES string of the molecule is O=C(Cn1c(=O)oc2ccccc21)Nn1cnc2ccccc21. The summed E-state index contributed by atoms with van der Waals surface area (Å²) < 4.78 is 7.94. The summed E-state index contributed by atoms with van der Waals surface area (Å²) in [6.45, 7) is -0.137. The minimum atomic E-state index is -0.558. The van der Waals surface area contributed by atoms with Gasteiger partial charge in [-0.3, -0.25) is 14.8 Å². The Labute approximate surface area is 129 Å². The molecule has 2 aromatic carbocycles. The fourth-order valence-electron chi connectivity index (χ4n) is 2.53. The Morgan fingerprint density at radius 1 is 1.09 bits per heavy atom. The number of imidazole rings is 1. The highest BCUT2D eigenvalue weighted by Crippen LogP contribution is 2.12. The summed E-state index contributed by atoms with van der Waals surface area (Å²) in [5.41, 5.74) is 5.31. The Balaban J connectivity index is 1.63. The molecule has 0 fully saturated rings. The second-order valence-corrected chi connectivity index (χ2v) is 5.06. The quantitative estimate of drug-likeness (QED) is 0.624. The van der Waals surface area contributed by atoms with Crippen molar-refractivity contribution in [3.05, 3.63) is 65.4 Å². The molecule has 4 aromatic rings. The topological polar surface area (TPSA) is 82.1 Å². The van der Waals surface area contributed by atoms with Crippen molar-refractivity contribution < 1.29 is 9.21 Å². The smallest absolute Gasteiger partial charge is 0.408 e. The lowest BCUT2D eigenvalue weighted by Gasteiger charge is -2.07. The zero-order valence-electron chi connectivity index (χ0n) is 12.0. The predicted octanol–water partition coefficient (Wildman–Crippen LogP) is 1.71. The van der Waals surface area contributed by atoms with Crippen molar-refractivity contribution in [3.63, 3.8) is 0 Å². The minimum Gasteiger partial charge on any atom is -0.408 e. The van der Waals surface area contributed by atoms with Crippen molar-refractivity contribution in [2.45, 2.75) is 6.54 Å². The molecule has 0 aliphatic heterocycles. The summed E-state index contributed by atoms with van der Waals surface area (Å²) in [5, 5.41) is 0. The van der Waals surface area contributed by atoms with Gasteiger partial charge in [-0.1, -0.05) is 24.3 Å². The van der Waals surface area contributed by atoms with Crippen molar-refractivity contribution in [2.24, 2.45) is 0 Å². The molecule has 0 spiro atoms. The van der Waals surface area contributed by atoms with E-state index >= 15 is 0 Å². The van der Waals surface area contributed by atoms with E-state index in [0.29, 0.717) is 11.1 Å². The lowest BCUT2D eigenvalue weighted by molar-refractivity contribution is -0.117. The number of oxazole rings is 1. The van der Waals surface area contributed by atoms with Crippen LogP contribution in [0, 0.1) is 0 Å². The Morgan fingerprint density at radius 3 is 2.70 bits per heavy atom. The summed E-state index contributed by atoms with van der Waals surface area (Å²) in [6, 6.07) is 14.4. The summed E-state index contributed by atoms with van der Waals surface area (Å²) >= 11 is 0. The molecule has 4 rings (SSSR count). The first-order valence-electron chi connectivity index (χ1n) is 7.03. The van der Waals surface area contributed by atoms with Crippen molar-refractivity contribution in [2.75, 3.05) is 5.43 Å². The molecular weight excluding hydrogens is 296 g/mol. The molecule has 23 heavy (non-hydrogen) atoms. The Kier molecular flexibility index (Phi) is 2.97. The Bertz CT molecular complexity index is 1070. The molecule has 0 saturated carbocycles. The van der Waals surface area contributed by atoms with Gasteiger partial charge in [0.1, 0.15) is 12.9 Å². The molecule has 1 N–H and O–H groups in total. The third kappa shape index (κ3) is 2.28. The van der Waals surface area contributed by atoms with Gasteiger partial charge in [0, 0.05) is 0 Å². The number of amides is 1. The van der Waals surface area contributed by atoms with E-state index in [9.17, 15) is 9.59 Å². The molecule has 2 aromatic heterocycles. The van der Waals surface area contributed by atoms with Gasteiger partial charge in [0.05, 0.1) is 16.6 Å². The number of rotatable bonds is 3. The lowest BCUT2D eigenvalue weighted by atomic mass is 10.3. The van der Waals surface area contributed by atoms with E-state index in [1.165, 1.54) is 15.6 Å². The number of carbonyl (C=O) groups is 1. The average molecular weight is 308 g/mol. The molecule has 0 atom stereocenters. The van der Waals surface area contributed by atoms with Crippen LogP contribution < -0.4 is 11.2 Å². The summed E-state index contributed by atoms with van der Waals surface area (Å²) in [5.74, 6) is -0.904. The summed E-state index contributed by atoms with van der Waals surface area (Å²) in [7, 11) is 0. The van der Waals surface area contributed by atoms with Gasteiger partial charge in [0.25, 0.3) is 5.91 Å². The van der Waals surface area contributed by atoms with Crippen LogP contribution in [0.1, 0.15) is 0 Å². The number of fused-ring (bicyclic) bond motifs is 2. The van der Waals surface area contributed by atoms with Crippen molar-refractivity contribution >= 4 is 28.0 Å². The number of aromatic nitrogens is 3. The van der Waals surface area contributed by atoms with E-state index in [4.69, 9.17) is 4.42 Å². The normalized spacial score (nSPS) is 11.1. The van der Waals surface area contributed by atoms with Crippen molar-refractivity contribution in [1.29, 1.82) is 0 Å². The van der Waals surface area contributed by atoms with Gasteiger partial charge in [-0.15, -0.1) is 0 Å². The summed E-state index contributed by atoms with van der Waals surface area (Å²) in [6.07, 6.45) is 1.53. The van der Waals surface area contributed by atoms with Crippen LogP contribution in [0.3, 0.4) is 0 Å². The third-order valence-electron chi connectivity index (χ3n) is 3.57. The zero-order chi connectivity index (χ0) is 15.8. The van der Waals surface area contributed by atoms with Gasteiger partial charge >= 0.3 is 5.76 Å². The van der Waals surface area contributed by atoms with Gasteiger partial charge in [0.2, 0.25) is 0 Å². The number of nitrogens with one attached hydrogen (secondary N) is 1. The van der Waals surface area contributed by atoms with Gasteiger partial charge < -0.3 is 4.42 Å². The number of para-hydroxylation sites is 4. The van der Waals surface area contributed by atoms with E-state index in [0.717, 1.165) is 11.0 Å². The van der Waals surface area contributed by atoms with Crippen LogP contribution in [0.5, 0.6) is 0 Å². The van der Waals surface area contributed by atoms with Gasteiger partial charge in [-0.2, -0.15) is 0 Å². The highest BCUT2D eigenvalue weighted by molar-refractivity contribution is 5.87. The first-order valence-corrected chi connectivity index (χ1v) is 7.03. The molecule has 0 radical (unpaired) electrons. The second-order valence-electron chi connectivity index (χ2n) is 5.06. The maximum atomic E-state index is 12.3. The largest absolute Gasteiger partial charge is 0.420 e. The van der Waals surface area contributed by atoms with Crippen LogP contribution in [-0.2, 0) is 11.3 Å². The van der Waals surface area contributed by atoms with Crippen LogP contribution in [0.25, 0.3) is 22.1 Å². The molecule has 0 aliphatic rings. The van der Waals surface area contributed by atoms with E-state index < -0.39 is 5.76 Å². The first-order chi connectivity index (χ1) is 11.2. The molecule has 2 heterocycles. The standard InChI is InChI=1S/C16H12N4O3/c21-15(18-20-10-17-11-5-1-2-6-12(11)20)9-19-13-7-3-4-8-14(13)23-16(19)22/h1-8,10H,9H2,(H,18,21). The molecule has 0 bridgehead atoms. The fourth-order valence-corrected chi connectivity index (χ4v) is 2.53. The summed E-state index contributed by atoms with van der Waals surface area (Å²) in [4.78, 5) is 28.3. The lowest BCUT2D eigenvalue weighted by Crippen LogP contribution is -2.29. The van der Waals surface area contributed by atoms with Crippen LogP contribution >= 0.6 is 0 Å². The number of carbonyl (C=O) groups excluding carboxylic acids is 1. The molecule has 0 aliphatic carbocycles. The maximum absolute atomic E-state index is 12.3. The van der Waals surface area contributed by atoms with Crippen LogP contribution in [-0.4, -0.2) is 20.1 Å². The van der Waals surface area contributed by atoms with E-state index in [-0.39, 0.29) is 12.5 Å². The number of hydrogen-bond acceptors (Lipinski definition) is 4. The molecule has 1 amide bonds. The molecule has 0 unspecified atom stereocenters. The van der Waals surface area contributed by atoms with E-state index in [2.05, 4.69) is 10.4 Å². The zero-order valence-corrected chi connectivity index (χ0v) is 12.0. The monoisotopic (exact) mass is 308 g/mol. The molecule has 7 nitrogen and oxygen atoms in total. The second kappa shape index (κ2) is 5.13. The fraction of sp³-hybridized carbons (Fsp3) is 0.0625. The van der Waals surface area contributed by atoms with Gasteiger partial charge in [-0.05, 0) is 24.3 Å². The van der Waals surface area contributed by atoms with Crippen LogP contribution in [0.2, 0.25) is 0 Å². The number of nitrogens with zero attached hydrogens (tertiary/aromatic N) is 3. The third-order valence-corrected chi connectivity index (χ3v) is 3.57. The Hall–Kier alpha value is -3.35. The van der Waals surface area contributed by atoms with E-state index in [1.807, 2.05) is 24.3 Å². The van der Waals surface area contributed by atoms with Crippen LogP contribution in [0.15, 0.2) is 64.1 Å². The molecule has 0 saturated heterocycles. The Morgan fingerprint density at radius 2 is 1.83 bits per heavy atom. The van der Waals surface area contributed by atoms with Crippen molar-refractivity contribution in [1.82, 2.24) is 14.2 Å². The predicted molar refractivity (Wildman–Crippen MR) is 84.6 cm³/mol. The highest BCUT2D eigenvalue weighted by atomic mass is 16.4. The molecular formula is C16H12N4O3. The number of hydrogen-bond donors (Lipinski definition) is 1. The highest BCUT2D eigenvalue weighted by Gasteiger charge is 2.13. The number of benzene rings is 2.